The Kier molecular flexibility index (Phi) is 5.54. The first-order valence-electron chi connectivity index (χ1n) is 8.53. The molecule has 132 valence electrons. The predicted molar refractivity (Wildman–Crippen MR) is 102 cm³/mol. The quantitative estimate of drug-likeness (QED) is 0.828. The number of nitriles is 1. The minimum Gasteiger partial charge on any atom is -0.282 e. The minimum absolute atomic E-state index is 0.612. The fourth-order valence-corrected chi connectivity index (χ4v) is 2.80. The molecule has 7 heteroatoms. The fourth-order valence-electron chi connectivity index (χ4n) is 2.80. The number of nitrogens with one attached hydrogen (secondary N) is 2. The molecule has 0 bridgehead atoms. The predicted octanol–water partition coefficient (Wildman–Crippen LogP) is 2.77. The Bertz CT molecular complexity index is 895. The van der Waals surface area contributed by atoms with E-state index < -0.39 is 0 Å². The Morgan fingerprint density at radius 1 is 1.15 bits per heavy atom. The molecular formula is C19H21N7. The number of aromatic nitrogens is 3. The van der Waals surface area contributed by atoms with E-state index in [4.69, 9.17) is 5.26 Å². The van der Waals surface area contributed by atoms with Crippen LogP contribution in [0.4, 0.5) is 0 Å². The summed E-state index contributed by atoms with van der Waals surface area (Å²) in [4.78, 5) is 8.05. The van der Waals surface area contributed by atoms with Gasteiger partial charge in [-0.15, -0.1) is 0 Å². The van der Waals surface area contributed by atoms with Crippen LogP contribution in [-0.2, 0) is 6.42 Å². The van der Waals surface area contributed by atoms with Crippen LogP contribution >= 0.6 is 0 Å². The van der Waals surface area contributed by atoms with Crippen molar-refractivity contribution in [2.75, 3.05) is 7.05 Å². The maximum absolute atomic E-state index is 8.34. The molecule has 1 aliphatic heterocycles. The first-order chi connectivity index (χ1) is 12.7. The van der Waals surface area contributed by atoms with Crippen molar-refractivity contribution in [2.45, 2.75) is 32.6 Å². The third-order valence-corrected chi connectivity index (χ3v) is 4.33. The summed E-state index contributed by atoms with van der Waals surface area (Å²) >= 11 is 0. The van der Waals surface area contributed by atoms with Gasteiger partial charge in [-0.2, -0.15) is 15.5 Å². The number of hydrazone groups is 1. The van der Waals surface area contributed by atoms with Crippen LogP contribution in [0, 0.1) is 18.3 Å². The average Bonchev–Trinajstić information content (AvgIpc) is 3.17. The normalized spacial score (nSPS) is 17.0. The van der Waals surface area contributed by atoms with E-state index in [2.05, 4.69) is 36.8 Å². The van der Waals surface area contributed by atoms with Gasteiger partial charge < -0.3 is 0 Å². The summed E-state index contributed by atoms with van der Waals surface area (Å²) in [6, 6.07) is 5.56. The largest absolute Gasteiger partial charge is 0.282 e. The maximum Gasteiger partial charge on any atom is 0.117 e. The van der Waals surface area contributed by atoms with Crippen molar-refractivity contribution in [1.82, 2.24) is 20.6 Å². The van der Waals surface area contributed by atoms with Crippen molar-refractivity contribution in [2.24, 2.45) is 10.1 Å². The van der Waals surface area contributed by atoms with E-state index in [9.17, 15) is 0 Å². The van der Waals surface area contributed by atoms with Gasteiger partial charge >= 0.3 is 0 Å². The maximum atomic E-state index is 8.34. The molecule has 0 unspecified atom stereocenters. The Morgan fingerprint density at radius 3 is 2.69 bits per heavy atom. The molecule has 2 N–H and O–H groups in total. The molecule has 0 saturated heterocycles. The lowest BCUT2D eigenvalue weighted by Crippen LogP contribution is -2.27. The van der Waals surface area contributed by atoms with E-state index in [0.29, 0.717) is 5.56 Å². The van der Waals surface area contributed by atoms with Gasteiger partial charge in [0.1, 0.15) is 11.9 Å². The number of aromatic amines is 1. The number of fused-ring (bicyclic) bond motifs is 1. The van der Waals surface area contributed by atoms with Gasteiger partial charge in [0.15, 0.2) is 0 Å². The highest BCUT2D eigenvalue weighted by atomic mass is 15.3. The lowest BCUT2D eigenvalue weighted by molar-refractivity contribution is 0.859. The number of aryl methyl sites for hydroxylation is 2. The molecule has 0 saturated carbocycles. The summed E-state index contributed by atoms with van der Waals surface area (Å²) in [5, 5.41) is 19.8. The highest BCUT2D eigenvalue weighted by Crippen LogP contribution is 2.24. The second kappa shape index (κ2) is 8.21. The fraction of sp³-hybridized carbons (Fsp3) is 0.316. The standard InChI is InChI=1S/C12H15N5.C7H6N2/c1-13-12-5-4-10(16-17-12)8-2-3-11-9(6-8)7-14-15-11;1-6-2-3-7(4-8)5-9-6/h6-7H,2-5H2,1H3,(H,13,17)(H,14,15);2-3,5H,1H3. The summed E-state index contributed by atoms with van der Waals surface area (Å²) in [5.74, 6) is 0.967. The van der Waals surface area contributed by atoms with Gasteiger partial charge in [0, 0.05) is 36.6 Å². The third-order valence-electron chi connectivity index (χ3n) is 4.33. The van der Waals surface area contributed by atoms with Crippen LogP contribution in [0.5, 0.6) is 0 Å². The second-order valence-electron chi connectivity index (χ2n) is 6.11. The lowest BCUT2D eigenvalue weighted by atomic mass is 9.92. The van der Waals surface area contributed by atoms with E-state index >= 15 is 0 Å². The number of hydrogen-bond acceptors (Lipinski definition) is 5. The molecule has 7 nitrogen and oxygen atoms in total. The summed E-state index contributed by atoms with van der Waals surface area (Å²) in [6.07, 6.45) is 9.61. The Hall–Kier alpha value is -3.27. The van der Waals surface area contributed by atoms with Crippen LogP contribution in [0.15, 0.2) is 40.2 Å². The highest BCUT2D eigenvalue weighted by molar-refractivity contribution is 6.07. The van der Waals surface area contributed by atoms with Crippen molar-refractivity contribution in [3.05, 3.63) is 52.6 Å². The van der Waals surface area contributed by atoms with Gasteiger partial charge in [-0.05, 0) is 50.0 Å². The van der Waals surface area contributed by atoms with E-state index in [1.807, 2.05) is 25.3 Å². The summed E-state index contributed by atoms with van der Waals surface area (Å²) in [5.41, 5.74) is 9.46. The zero-order valence-corrected chi connectivity index (χ0v) is 15.0. The molecule has 2 aromatic heterocycles. The zero-order chi connectivity index (χ0) is 18.4. The summed E-state index contributed by atoms with van der Waals surface area (Å²) in [7, 11) is 1.79. The van der Waals surface area contributed by atoms with Gasteiger partial charge in [-0.1, -0.05) is 0 Å². The number of rotatable bonds is 1. The molecule has 0 radical (unpaired) electrons. The molecule has 0 atom stereocenters. The van der Waals surface area contributed by atoms with E-state index in [0.717, 1.165) is 42.9 Å². The van der Waals surface area contributed by atoms with Gasteiger partial charge in [-0.3, -0.25) is 20.5 Å². The number of allylic oxidation sites excluding steroid dienone is 1. The van der Waals surface area contributed by atoms with Crippen LogP contribution < -0.4 is 5.43 Å². The SMILES string of the molecule is CN=C1CCC(C2=Cc3cn[nH]c3CC2)=NN1.Cc1ccc(C#N)cn1. The minimum atomic E-state index is 0.612. The number of aliphatic imine (C=N–C) groups is 1. The van der Waals surface area contributed by atoms with E-state index in [1.165, 1.54) is 16.8 Å². The van der Waals surface area contributed by atoms with Gasteiger partial charge in [0.25, 0.3) is 0 Å². The van der Waals surface area contributed by atoms with Crippen molar-refractivity contribution in [3.63, 3.8) is 0 Å². The van der Waals surface area contributed by atoms with Crippen LogP contribution in [-0.4, -0.2) is 33.8 Å². The summed E-state index contributed by atoms with van der Waals surface area (Å²) in [6.45, 7) is 1.89. The number of nitrogens with zero attached hydrogens (tertiary/aromatic N) is 5. The van der Waals surface area contributed by atoms with Gasteiger partial charge in [0.05, 0.1) is 17.5 Å². The molecule has 26 heavy (non-hydrogen) atoms. The van der Waals surface area contributed by atoms with E-state index in [-0.39, 0.29) is 0 Å². The highest BCUT2D eigenvalue weighted by Gasteiger charge is 2.18. The van der Waals surface area contributed by atoms with Crippen LogP contribution in [0.3, 0.4) is 0 Å². The van der Waals surface area contributed by atoms with Crippen LogP contribution in [0.2, 0.25) is 0 Å². The first kappa shape index (κ1) is 17.5. The lowest BCUT2D eigenvalue weighted by Gasteiger charge is -2.19. The number of hydrogen-bond donors (Lipinski definition) is 2. The monoisotopic (exact) mass is 347 g/mol. The van der Waals surface area contributed by atoms with Gasteiger partial charge in [-0.25, -0.2) is 0 Å². The number of H-pyrrole nitrogens is 1. The second-order valence-corrected chi connectivity index (χ2v) is 6.11. The molecule has 1 aliphatic carbocycles. The average molecular weight is 347 g/mol. The van der Waals surface area contributed by atoms with Crippen molar-refractivity contribution in [1.29, 1.82) is 5.26 Å². The summed E-state index contributed by atoms with van der Waals surface area (Å²) < 4.78 is 0. The molecule has 2 aliphatic rings. The molecule has 3 heterocycles. The Labute approximate surface area is 152 Å². The number of amidine groups is 1. The zero-order valence-electron chi connectivity index (χ0n) is 15.0. The number of pyridine rings is 1. The van der Waals surface area contributed by atoms with Crippen molar-refractivity contribution in [3.8, 4) is 6.07 Å². The molecule has 0 amide bonds. The van der Waals surface area contributed by atoms with Crippen molar-refractivity contribution < 1.29 is 0 Å². The molecule has 0 fully saturated rings. The first-order valence-corrected chi connectivity index (χ1v) is 8.53. The van der Waals surface area contributed by atoms with Crippen molar-refractivity contribution >= 4 is 17.6 Å². The Morgan fingerprint density at radius 2 is 2.04 bits per heavy atom. The van der Waals surface area contributed by atoms with E-state index in [1.54, 1.807) is 19.3 Å². The molecule has 4 rings (SSSR count). The van der Waals surface area contributed by atoms with Crippen LogP contribution in [0.1, 0.15) is 41.8 Å². The van der Waals surface area contributed by atoms with Crippen LogP contribution in [0.25, 0.3) is 6.08 Å². The molecule has 0 aromatic carbocycles. The molecule has 2 aromatic rings. The molecule has 0 spiro atoms. The van der Waals surface area contributed by atoms with Gasteiger partial charge in [0.2, 0.25) is 0 Å². The third kappa shape index (κ3) is 4.22. The smallest absolute Gasteiger partial charge is 0.117 e. The topological polar surface area (TPSA) is 102 Å². The molecular weight excluding hydrogens is 326 g/mol. The Balaban J connectivity index is 0.000000185.